The number of imidazole rings is 1. The highest BCUT2D eigenvalue weighted by atomic mass is 16.2. The van der Waals surface area contributed by atoms with Crippen LogP contribution >= 0.6 is 0 Å². The Morgan fingerprint density at radius 1 is 1.21 bits per heavy atom. The number of pyridine rings is 1. The summed E-state index contributed by atoms with van der Waals surface area (Å²) < 4.78 is 1.60. The van der Waals surface area contributed by atoms with Gasteiger partial charge in [-0.2, -0.15) is 0 Å². The van der Waals surface area contributed by atoms with E-state index in [-0.39, 0.29) is 11.7 Å². The van der Waals surface area contributed by atoms with Gasteiger partial charge in [0.2, 0.25) is 0 Å². The molecule has 0 aliphatic rings. The third kappa shape index (κ3) is 4.65. The highest BCUT2D eigenvalue weighted by Gasteiger charge is 2.19. The number of amides is 2. The summed E-state index contributed by atoms with van der Waals surface area (Å²) in [5.41, 5.74) is 6.46. The smallest absolute Gasteiger partial charge is 0.284 e. The van der Waals surface area contributed by atoms with Crippen LogP contribution in [0.4, 0.5) is 0 Å². The van der Waals surface area contributed by atoms with Gasteiger partial charge in [0.15, 0.2) is 5.82 Å². The molecule has 0 aliphatic carbocycles. The van der Waals surface area contributed by atoms with Crippen LogP contribution in [0.2, 0.25) is 0 Å². The number of aromatic nitrogens is 3. The van der Waals surface area contributed by atoms with E-state index in [0.717, 1.165) is 31.4 Å². The first kappa shape index (κ1) is 17.7. The van der Waals surface area contributed by atoms with Crippen LogP contribution in [0.5, 0.6) is 0 Å². The van der Waals surface area contributed by atoms with Crippen molar-refractivity contribution in [1.82, 2.24) is 19.9 Å². The predicted molar refractivity (Wildman–Crippen MR) is 90.3 cm³/mol. The van der Waals surface area contributed by atoms with Gasteiger partial charge in [0.25, 0.3) is 11.8 Å². The molecular weight excluding hydrogens is 306 g/mol. The van der Waals surface area contributed by atoms with Gasteiger partial charge in [0, 0.05) is 12.7 Å². The van der Waals surface area contributed by atoms with Gasteiger partial charge in [-0.15, -0.1) is 0 Å². The Kier molecular flexibility index (Phi) is 6.48. The average molecular weight is 329 g/mol. The van der Waals surface area contributed by atoms with Crippen molar-refractivity contribution in [2.24, 2.45) is 5.73 Å². The molecule has 2 rings (SSSR count). The zero-order valence-corrected chi connectivity index (χ0v) is 13.9. The van der Waals surface area contributed by atoms with Crippen molar-refractivity contribution in [2.75, 3.05) is 0 Å². The summed E-state index contributed by atoms with van der Waals surface area (Å²) in [4.78, 5) is 32.1. The third-order valence-corrected chi connectivity index (χ3v) is 3.70. The first-order valence-corrected chi connectivity index (χ1v) is 8.17. The molecule has 0 atom stereocenters. The number of hydrogen-bond donors (Lipinski definition) is 2. The minimum Gasteiger partial charge on any atom is -0.363 e. The molecule has 0 saturated carbocycles. The Bertz CT molecular complexity index is 682. The fraction of sp³-hybridized carbons (Fsp3) is 0.412. The van der Waals surface area contributed by atoms with Crippen molar-refractivity contribution in [3.8, 4) is 0 Å². The second-order valence-electron chi connectivity index (χ2n) is 5.55. The molecule has 128 valence electrons. The third-order valence-electron chi connectivity index (χ3n) is 3.70. The maximum Gasteiger partial charge on any atom is 0.284 e. The van der Waals surface area contributed by atoms with Crippen LogP contribution in [0.1, 0.15) is 59.4 Å². The van der Waals surface area contributed by atoms with E-state index >= 15 is 0 Å². The zero-order valence-electron chi connectivity index (χ0n) is 13.9. The molecule has 0 fully saturated rings. The molecule has 0 bridgehead atoms. The summed E-state index contributed by atoms with van der Waals surface area (Å²) >= 11 is 0. The maximum absolute atomic E-state index is 12.4. The number of rotatable bonds is 9. The Balaban J connectivity index is 2.07. The van der Waals surface area contributed by atoms with Crippen molar-refractivity contribution < 1.29 is 9.59 Å². The largest absolute Gasteiger partial charge is 0.363 e. The average Bonchev–Trinajstić information content (AvgIpc) is 3.02. The molecule has 0 saturated heterocycles. The summed E-state index contributed by atoms with van der Waals surface area (Å²) in [6.45, 7) is 2.99. The first-order valence-electron chi connectivity index (χ1n) is 8.17. The number of hydrogen-bond acceptors (Lipinski definition) is 4. The molecule has 7 heteroatoms. The van der Waals surface area contributed by atoms with E-state index in [4.69, 9.17) is 5.73 Å². The summed E-state index contributed by atoms with van der Waals surface area (Å²) in [5.74, 6) is -0.806. The summed E-state index contributed by atoms with van der Waals surface area (Å²) in [6, 6.07) is 5.50. The lowest BCUT2D eigenvalue weighted by molar-refractivity contribution is 0.0940. The van der Waals surface area contributed by atoms with Crippen molar-refractivity contribution in [2.45, 2.75) is 45.7 Å². The van der Waals surface area contributed by atoms with E-state index in [1.54, 1.807) is 10.8 Å². The molecule has 3 N–H and O–H groups in total. The van der Waals surface area contributed by atoms with Gasteiger partial charge in [-0.1, -0.05) is 32.3 Å². The number of carbonyl (C=O) groups is 2. The number of carbonyl (C=O) groups excluding carboxylic acids is 2. The molecule has 7 nitrogen and oxygen atoms in total. The molecular formula is C17H23N5O2. The van der Waals surface area contributed by atoms with E-state index in [0.29, 0.717) is 18.8 Å². The van der Waals surface area contributed by atoms with E-state index in [1.165, 1.54) is 6.20 Å². The number of unbranched alkanes of at least 4 members (excludes halogenated alkanes) is 3. The fourth-order valence-electron chi connectivity index (χ4n) is 2.44. The highest BCUT2D eigenvalue weighted by Crippen LogP contribution is 2.10. The van der Waals surface area contributed by atoms with E-state index in [2.05, 4.69) is 22.2 Å². The molecule has 2 heterocycles. The van der Waals surface area contributed by atoms with Gasteiger partial charge < -0.3 is 15.6 Å². The Morgan fingerprint density at radius 2 is 2.04 bits per heavy atom. The Morgan fingerprint density at radius 3 is 2.71 bits per heavy atom. The van der Waals surface area contributed by atoms with Crippen LogP contribution in [0.25, 0.3) is 0 Å². The van der Waals surface area contributed by atoms with Crippen LogP contribution in [0.3, 0.4) is 0 Å². The molecule has 2 amide bonds. The van der Waals surface area contributed by atoms with Crippen molar-refractivity contribution in [3.63, 3.8) is 0 Å². The van der Waals surface area contributed by atoms with Crippen LogP contribution < -0.4 is 11.1 Å². The number of nitrogens with one attached hydrogen (secondary N) is 1. The summed E-state index contributed by atoms with van der Waals surface area (Å²) in [6.07, 6.45) is 7.19. The molecule has 2 aromatic heterocycles. The zero-order chi connectivity index (χ0) is 17.4. The van der Waals surface area contributed by atoms with Gasteiger partial charge in [-0.25, -0.2) is 4.98 Å². The lowest BCUT2D eigenvalue weighted by Gasteiger charge is -2.10. The number of primary amides is 1. The quantitative estimate of drug-likeness (QED) is 0.686. The van der Waals surface area contributed by atoms with Gasteiger partial charge in [-0.3, -0.25) is 14.6 Å². The second kappa shape index (κ2) is 8.81. The lowest BCUT2D eigenvalue weighted by atomic mass is 10.2. The minimum atomic E-state index is -0.630. The summed E-state index contributed by atoms with van der Waals surface area (Å²) in [7, 11) is 0. The lowest BCUT2D eigenvalue weighted by Crippen LogP contribution is -2.27. The SMILES string of the molecule is CCCCCCn1c(C(=O)NCc2ccccn2)cnc1C(N)=O. The minimum absolute atomic E-state index is 0.120. The monoisotopic (exact) mass is 329 g/mol. The van der Waals surface area contributed by atoms with Gasteiger partial charge in [0.1, 0.15) is 5.69 Å². The Hall–Kier alpha value is -2.70. The molecule has 2 aromatic rings. The van der Waals surface area contributed by atoms with Gasteiger partial charge in [-0.05, 0) is 18.6 Å². The number of nitrogens with zero attached hydrogens (tertiary/aromatic N) is 3. The van der Waals surface area contributed by atoms with Crippen molar-refractivity contribution in [3.05, 3.63) is 47.8 Å². The van der Waals surface area contributed by atoms with E-state index in [9.17, 15) is 9.59 Å². The summed E-state index contributed by atoms with van der Waals surface area (Å²) in [5, 5.41) is 2.80. The van der Waals surface area contributed by atoms with Crippen LogP contribution in [0, 0.1) is 0 Å². The van der Waals surface area contributed by atoms with E-state index < -0.39 is 5.91 Å². The normalized spacial score (nSPS) is 10.5. The standard InChI is InChI=1S/C17H23N5O2/c1-2-3-4-7-10-22-14(12-20-16(22)15(18)23)17(24)21-11-13-8-5-6-9-19-13/h5-6,8-9,12H,2-4,7,10-11H2,1H3,(H2,18,23)(H,21,24). The van der Waals surface area contributed by atoms with E-state index in [1.807, 2.05) is 18.2 Å². The van der Waals surface area contributed by atoms with Gasteiger partial charge >= 0.3 is 0 Å². The predicted octanol–water partition coefficient (Wildman–Crippen LogP) is 1.89. The maximum atomic E-state index is 12.4. The van der Waals surface area contributed by atoms with Crippen LogP contribution in [-0.4, -0.2) is 26.3 Å². The molecule has 0 radical (unpaired) electrons. The van der Waals surface area contributed by atoms with Crippen molar-refractivity contribution >= 4 is 11.8 Å². The molecule has 0 unspecified atom stereocenters. The van der Waals surface area contributed by atoms with Crippen molar-refractivity contribution in [1.29, 1.82) is 0 Å². The molecule has 0 spiro atoms. The first-order chi connectivity index (χ1) is 11.6. The van der Waals surface area contributed by atoms with Crippen LogP contribution in [0.15, 0.2) is 30.6 Å². The topological polar surface area (TPSA) is 103 Å². The second-order valence-corrected chi connectivity index (χ2v) is 5.55. The number of nitrogens with two attached hydrogens (primary N) is 1. The molecule has 0 aromatic carbocycles. The Labute approximate surface area is 141 Å². The van der Waals surface area contributed by atoms with Gasteiger partial charge in [0.05, 0.1) is 18.4 Å². The fourth-order valence-corrected chi connectivity index (χ4v) is 2.44. The molecule has 0 aliphatic heterocycles. The highest BCUT2D eigenvalue weighted by molar-refractivity contribution is 5.95. The molecule has 24 heavy (non-hydrogen) atoms. The van der Waals surface area contributed by atoms with Crippen LogP contribution in [-0.2, 0) is 13.1 Å².